The van der Waals surface area contributed by atoms with Crippen LogP contribution >= 0.6 is 0 Å². The zero-order valence-electron chi connectivity index (χ0n) is 8.91. The lowest BCUT2D eigenvalue weighted by molar-refractivity contribution is -0.172. The standard InChI is InChI=1S/C12H16O2/c1-12(2)8-14-11(12)9-4-6-10(13-3)7-5-9/h4-7,11H,8H2,1-3H3. The second kappa shape index (κ2) is 3.28. The number of rotatable bonds is 2. The third-order valence-electron chi connectivity index (χ3n) is 2.75. The van der Waals surface area contributed by atoms with Crippen LogP contribution in [-0.4, -0.2) is 13.7 Å². The molecule has 1 aromatic rings. The molecule has 1 aliphatic rings. The molecule has 2 nitrogen and oxygen atoms in total. The van der Waals surface area contributed by atoms with Gasteiger partial charge in [0.05, 0.1) is 19.8 Å². The molecule has 1 aliphatic heterocycles. The van der Waals surface area contributed by atoms with Gasteiger partial charge in [0.25, 0.3) is 0 Å². The summed E-state index contributed by atoms with van der Waals surface area (Å²) in [5, 5.41) is 0. The molecule has 1 atom stereocenters. The maximum atomic E-state index is 5.56. The van der Waals surface area contributed by atoms with Crippen molar-refractivity contribution in [3.8, 4) is 5.75 Å². The van der Waals surface area contributed by atoms with E-state index < -0.39 is 0 Å². The molecule has 14 heavy (non-hydrogen) atoms. The Morgan fingerprint density at radius 1 is 1.29 bits per heavy atom. The molecule has 1 heterocycles. The average Bonchev–Trinajstić information content (AvgIpc) is 2.18. The Bertz CT molecular complexity index is 314. The molecule has 0 N–H and O–H groups in total. The van der Waals surface area contributed by atoms with Gasteiger partial charge in [0.2, 0.25) is 0 Å². The summed E-state index contributed by atoms with van der Waals surface area (Å²) in [7, 11) is 1.68. The lowest BCUT2D eigenvalue weighted by Crippen LogP contribution is -2.40. The van der Waals surface area contributed by atoms with Crippen LogP contribution in [0.2, 0.25) is 0 Å². The van der Waals surface area contributed by atoms with Crippen LogP contribution in [0, 0.1) is 5.41 Å². The first-order valence-corrected chi connectivity index (χ1v) is 4.89. The SMILES string of the molecule is COc1ccc(C2OCC2(C)C)cc1. The Balaban J connectivity index is 2.17. The van der Waals surface area contributed by atoms with Crippen molar-refractivity contribution in [1.29, 1.82) is 0 Å². The van der Waals surface area contributed by atoms with Crippen molar-refractivity contribution in [3.63, 3.8) is 0 Å². The third kappa shape index (κ3) is 1.50. The quantitative estimate of drug-likeness (QED) is 0.717. The number of ether oxygens (including phenoxy) is 2. The third-order valence-corrected chi connectivity index (χ3v) is 2.75. The van der Waals surface area contributed by atoms with Gasteiger partial charge < -0.3 is 9.47 Å². The Hall–Kier alpha value is -1.02. The molecule has 76 valence electrons. The Kier molecular flexibility index (Phi) is 2.23. The maximum Gasteiger partial charge on any atom is 0.118 e. The molecule has 0 aromatic heterocycles. The Morgan fingerprint density at radius 2 is 1.93 bits per heavy atom. The summed E-state index contributed by atoms with van der Waals surface area (Å²) in [6.07, 6.45) is 0.244. The maximum absolute atomic E-state index is 5.56. The zero-order chi connectivity index (χ0) is 10.2. The number of benzene rings is 1. The normalized spacial score (nSPS) is 24.1. The van der Waals surface area contributed by atoms with E-state index in [2.05, 4.69) is 26.0 Å². The van der Waals surface area contributed by atoms with Crippen LogP contribution in [0.25, 0.3) is 0 Å². The summed E-state index contributed by atoms with van der Waals surface area (Å²) >= 11 is 0. The van der Waals surface area contributed by atoms with Crippen molar-refractivity contribution >= 4 is 0 Å². The predicted octanol–water partition coefficient (Wildman–Crippen LogP) is 2.79. The van der Waals surface area contributed by atoms with E-state index in [9.17, 15) is 0 Å². The van der Waals surface area contributed by atoms with Crippen molar-refractivity contribution in [2.75, 3.05) is 13.7 Å². The zero-order valence-corrected chi connectivity index (χ0v) is 8.91. The van der Waals surface area contributed by atoms with Gasteiger partial charge in [0, 0.05) is 5.41 Å². The molecule has 0 aliphatic carbocycles. The van der Waals surface area contributed by atoms with E-state index in [1.165, 1.54) is 5.56 Å². The van der Waals surface area contributed by atoms with Crippen molar-refractivity contribution < 1.29 is 9.47 Å². The summed E-state index contributed by atoms with van der Waals surface area (Å²) in [5.74, 6) is 0.894. The lowest BCUT2D eigenvalue weighted by atomic mass is 9.79. The topological polar surface area (TPSA) is 18.5 Å². The van der Waals surface area contributed by atoms with E-state index >= 15 is 0 Å². The Morgan fingerprint density at radius 3 is 2.29 bits per heavy atom. The van der Waals surface area contributed by atoms with Gasteiger partial charge in [-0.2, -0.15) is 0 Å². The van der Waals surface area contributed by atoms with Crippen molar-refractivity contribution in [2.24, 2.45) is 5.41 Å². The van der Waals surface area contributed by atoms with E-state index in [0.717, 1.165) is 12.4 Å². The number of methoxy groups -OCH3 is 1. The first-order chi connectivity index (χ1) is 6.63. The van der Waals surface area contributed by atoms with Gasteiger partial charge in [-0.3, -0.25) is 0 Å². The van der Waals surface area contributed by atoms with Gasteiger partial charge in [0.15, 0.2) is 0 Å². The minimum absolute atomic E-state index is 0.244. The second-order valence-electron chi connectivity index (χ2n) is 4.45. The first kappa shape index (κ1) is 9.53. The minimum Gasteiger partial charge on any atom is -0.497 e. The van der Waals surface area contributed by atoms with Crippen molar-refractivity contribution in [2.45, 2.75) is 20.0 Å². The fourth-order valence-electron chi connectivity index (χ4n) is 1.83. The molecule has 0 radical (unpaired) electrons. The molecule has 1 unspecified atom stereocenters. The van der Waals surface area contributed by atoms with Crippen molar-refractivity contribution in [1.82, 2.24) is 0 Å². The molecule has 0 saturated carbocycles. The fourth-order valence-corrected chi connectivity index (χ4v) is 1.83. The van der Waals surface area contributed by atoms with E-state index in [-0.39, 0.29) is 11.5 Å². The molecular weight excluding hydrogens is 176 g/mol. The van der Waals surface area contributed by atoms with Gasteiger partial charge in [-0.05, 0) is 17.7 Å². The van der Waals surface area contributed by atoms with Gasteiger partial charge >= 0.3 is 0 Å². The van der Waals surface area contributed by atoms with Crippen LogP contribution in [-0.2, 0) is 4.74 Å². The molecular formula is C12H16O2. The van der Waals surface area contributed by atoms with Crippen LogP contribution in [0.5, 0.6) is 5.75 Å². The van der Waals surface area contributed by atoms with Crippen LogP contribution in [0.4, 0.5) is 0 Å². The van der Waals surface area contributed by atoms with Gasteiger partial charge in [0.1, 0.15) is 5.75 Å². The van der Waals surface area contributed by atoms with E-state index in [1.54, 1.807) is 7.11 Å². The summed E-state index contributed by atoms with van der Waals surface area (Å²) in [6, 6.07) is 8.11. The van der Waals surface area contributed by atoms with E-state index in [4.69, 9.17) is 9.47 Å². The van der Waals surface area contributed by atoms with E-state index in [0.29, 0.717) is 0 Å². The van der Waals surface area contributed by atoms with Crippen LogP contribution in [0.15, 0.2) is 24.3 Å². The highest BCUT2D eigenvalue weighted by molar-refractivity contribution is 5.30. The smallest absolute Gasteiger partial charge is 0.118 e. The molecule has 0 bridgehead atoms. The van der Waals surface area contributed by atoms with Crippen LogP contribution in [0.3, 0.4) is 0 Å². The van der Waals surface area contributed by atoms with E-state index in [1.807, 2.05) is 12.1 Å². The average molecular weight is 192 g/mol. The highest BCUT2D eigenvalue weighted by atomic mass is 16.5. The fraction of sp³-hybridized carbons (Fsp3) is 0.500. The molecule has 1 saturated heterocycles. The molecule has 2 heteroatoms. The second-order valence-corrected chi connectivity index (χ2v) is 4.45. The number of hydrogen-bond donors (Lipinski definition) is 0. The highest BCUT2D eigenvalue weighted by Gasteiger charge is 2.40. The van der Waals surface area contributed by atoms with Gasteiger partial charge in [-0.1, -0.05) is 26.0 Å². The summed E-state index contributed by atoms with van der Waals surface area (Å²) < 4.78 is 10.7. The summed E-state index contributed by atoms with van der Waals surface area (Å²) in [6.45, 7) is 5.31. The first-order valence-electron chi connectivity index (χ1n) is 4.89. The Labute approximate surface area is 84.8 Å². The largest absolute Gasteiger partial charge is 0.497 e. The monoisotopic (exact) mass is 192 g/mol. The van der Waals surface area contributed by atoms with Crippen LogP contribution in [0.1, 0.15) is 25.5 Å². The predicted molar refractivity (Wildman–Crippen MR) is 55.5 cm³/mol. The van der Waals surface area contributed by atoms with Gasteiger partial charge in [-0.15, -0.1) is 0 Å². The molecule has 1 fully saturated rings. The molecule has 0 amide bonds. The minimum atomic E-state index is 0.244. The van der Waals surface area contributed by atoms with Crippen LogP contribution < -0.4 is 4.74 Å². The summed E-state index contributed by atoms with van der Waals surface area (Å²) in [5.41, 5.74) is 1.51. The molecule has 0 spiro atoms. The number of hydrogen-bond acceptors (Lipinski definition) is 2. The molecule has 1 aromatic carbocycles. The van der Waals surface area contributed by atoms with Crippen molar-refractivity contribution in [3.05, 3.63) is 29.8 Å². The molecule has 2 rings (SSSR count). The highest BCUT2D eigenvalue weighted by Crippen LogP contribution is 2.45. The lowest BCUT2D eigenvalue weighted by Gasteiger charge is -2.44. The summed E-state index contributed by atoms with van der Waals surface area (Å²) in [4.78, 5) is 0. The van der Waals surface area contributed by atoms with Gasteiger partial charge in [-0.25, -0.2) is 0 Å².